The molecule has 1 atom stereocenters. The maximum absolute atomic E-state index is 13.0. The molecule has 0 saturated carbocycles. The number of carbonyl (C=O) groups is 2. The SMILES string of the molecule is COc1ccc([C@@H]2CCCN2C(=O)C2CCN(C(C)=O)CC2)cc1. The van der Waals surface area contributed by atoms with Crippen molar-refractivity contribution in [3.8, 4) is 5.75 Å². The monoisotopic (exact) mass is 330 g/mol. The average Bonchev–Trinajstić information content (AvgIpc) is 3.11. The number of hydrogen-bond acceptors (Lipinski definition) is 3. The van der Waals surface area contributed by atoms with E-state index in [1.54, 1.807) is 14.0 Å². The molecule has 2 aliphatic heterocycles. The van der Waals surface area contributed by atoms with Crippen molar-refractivity contribution in [2.75, 3.05) is 26.7 Å². The molecule has 2 heterocycles. The van der Waals surface area contributed by atoms with Gasteiger partial charge >= 0.3 is 0 Å². The summed E-state index contributed by atoms with van der Waals surface area (Å²) in [6, 6.07) is 8.22. The predicted octanol–water partition coefficient (Wildman–Crippen LogP) is 2.62. The number of carbonyl (C=O) groups excluding carboxylic acids is 2. The smallest absolute Gasteiger partial charge is 0.226 e. The van der Waals surface area contributed by atoms with Gasteiger partial charge in [-0.3, -0.25) is 9.59 Å². The van der Waals surface area contributed by atoms with Gasteiger partial charge in [0.15, 0.2) is 0 Å². The van der Waals surface area contributed by atoms with Gasteiger partial charge in [-0.05, 0) is 43.4 Å². The van der Waals surface area contributed by atoms with E-state index in [0.29, 0.717) is 13.1 Å². The lowest BCUT2D eigenvalue weighted by Gasteiger charge is -2.34. The number of benzene rings is 1. The standard InChI is InChI=1S/C19H26N2O3/c1-14(22)20-12-9-16(10-13-20)19(23)21-11-3-4-18(21)15-5-7-17(24-2)8-6-15/h5-8,16,18H,3-4,9-13H2,1-2H3/t18-/m0/s1. The highest BCUT2D eigenvalue weighted by atomic mass is 16.5. The van der Waals surface area contributed by atoms with Crippen LogP contribution in [0.2, 0.25) is 0 Å². The fraction of sp³-hybridized carbons (Fsp3) is 0.579. The summed E-state index contributed by atoms with van der Waals surface area (Å²) in [4.78, 5) is 28.3. The summed E-state index contributed by atoms with van der Waals surface area (Å²) in [7, 11) is 1.66. The summed E-state index contributed by atoms with van der Waals surface area (Å²) in [5.41, 5.74) is 1.18. The third-order valence-electron chi connectivity index (χ3n) is 5.33. The van der Waals surface area contributed by atoms with Crippen LogP contribution >= 0.6 is 0 Å². The van der Waals surface area contributed by atoms with E-state index in [0.717, 1.165) is 38.0 Å². The van der Waals surface area contributed by atoms with Crippen molar-refractivity contribution >= 4 is 11.8 Å². The second-order valence-corrected chi connectivity index (χ2v) is 6.74. The van der Waals surface area contributed by atoms with E-state index in [-0.39, 0.29) is 23.8 Å². The van der Waals surface area contributed by atoms with Gasteiger partial charge in [0, 0.05) is 32.5 Å². The second kappa shape index (κ2) is 7.24. The van der Waals surface area contributed by atoms with Gasteiger partial charge in [-0.25, -0.2) is 0 Å². The van der Waals surface area contributed by atoms with Crippen LogP contribution in [0.15, 0.2) is 24.3 Å². The van der Waals surface area contributed by atoms with Crippen LogP contribution in [-0.2, 0) is 9.59 Å². The average molecular weight is 330 g/mol. The third kappa shape index (κ3) is 3.40. The number of hydrogen-bond donors (Lipinski definition) is 0. The van der Waals surface area contributed by atoms with E-state index in [9.17, 15) is 9.59 Å². The third-order valence-corrected chi connectivity index (χ3v) is 5.33. The lowest BCUT2D eigenvalue weighted by molar-refractivity contribution is -0.140. The highest BCUT2D eigenvalue weighted by Crippen LogP contribution is 2.35. The Morgan fingerprint density at radius 1 is 1.04 bits per heavy atom. The van der Waals surface area contributed by atoms with Gasteiger partial charge in [0.05, 0.1) is 13.2 Å². The molecule has 1 aromatic rings. The molecule has 130 valence electrons. The topological polar surface area (TPSA) is 49.9 Å². The summed E-state index contributed by atoms with van der Waals surface area (Å²) < 4.78 is 5.22. The Hall–Kier alpha value is -2.04. The van der Waals surface area contributed by atoms with Crippen LogP contribution < -0.4 is 4.74 Å². The van der Waals surface area contributed by atoms with Crippen LogP contribution in [0, 0.1) is 5.92 Å². The Kier molecular flexibility index (Phi) is 5.07. The Labute approximate surface area is 143 Å². The highest BCUT2D eigenvalue weighted by Gasteiger charge is 2.35. The van der Waals surface area contributed by atoms with Crippen LogP contribution in [-0.4, -0.2) is 48.4 Å². The van der Waals surface area contributed by atoms with Gasteiger partial charge in [-0.1, -0.05) is 12.1 Å². The van der Waals surface area contributed by atoms with E-state index in [4.69, 9.17) is 4.74 Å². The molecule has 2 amide bonds. The van der Waals surface area contributed by atoms with Crippen LogP contribution in [0.4, 0.5) is 0 Å². The molecule has 5 nitrogen and oxygen atoms in total. The molecule has 5 heteroatoms. The molecular formula is C19H26N2O3. The first-order valence-electron chi connectivity index (χ1n) is 8.80. The molecule has 1 aromatic carbocycles. The predicted molar refractivity (Wildman–Crippen MR) is 91.7 cm³/mol. The number of rotatable bonds is 3. The molecule has 0 bridgehead atoms. The molecule has 0 spiro atoms. The largest absolute Gasteiger partial charge is 0.497 e. The molecule has 3 rings (SSSR count). The van der Waals surface area contributed by atoms with Crippen LogP contribution in [0.5, 0.6) is 5.75 Å². The molecule has 0 unspecified atom stereocenters. The van der Waals surface area contributed by atoms with Crippen molar-refractivity contribution in [3.63, 3.8) is 0 Å². The Balaban J connectivity index is 1.66. The maximum Gasteiger partial charge on any atom is 0.226 e. The van der Waals surface area contributed by atoms with Gasteiger partial charge in [0.1, 0.15) is 5.75 Å². The Bertz CT molecular complexity index is 591. The fourth-order valence-electron chi connectivity index (χ4n) is 3.88. The molecule has 24 heavy (non-hydrogen) atoms. The number of amides is 2. The minimum atomic E-state index is 0.0550. The van der Waals surface area contributed by atoms with Gasteiger partial charge in [0.25, 0.3) is 0 Å². The summed E-state index contributed by atoms with van der Waals surface area (Å²) in [5.74, 6) is 1.26. The zero-order valence-corrected chi connectivity index (χ0v) is 14.5. The van der Waals surface area contributed by atoms with Gasteiger partial charge in [-0.15, -0.1) is 0 Å². The van der Waals surface area contributed by atoms with Crippen LogP contribution in [0.1, 0.15) is 44.2 Å². The van der Waals surface area contributed by atoms with E-state index in [1.807, 2.05) is 17.0 Å². The Morgan fingerprint density at radius 3 is 2.29 bits per heavy atom. The van der Waals surface area contributed by atoms with E-state index in [2.05, 4.69) is 17.0 Å². The number of methoxy groups -OCH3 is 1. The lowest BCUT2D eigenvalue weighted by atomic mass is 9.94. The summed E-state index contributed by atoms with van der Waals surface area (Å²) in [5, 5.41) is 0. The summed E-state index contributed by atoms with van der Waals surface area (Å²) in [6.45, 7) is 3.84. The first-order chi connectivity index (χ1) is 11.6. The van der Waals surface area contributed by atoms with E-state index in [1.165, 1.54) is 5.56 Å². The quantitative estimate of drug-likeness (QED) is 0.856. The van der Waals surface area contributed by atoms with Crippen molar-refractivity contribution in [2.24, 2.45) is 5.92 Å². The van der Waals surface area contributed by atoms with Crippen LogP contribution in [0.25, 0.3) is 0 Å². The van der Waals surface area contributed by atoms with E-state index < -0.39 is 0 Å². The van der Waals surface area contributed by atoms with Crippen LogP contribution in [0.3, 0.4) is 0 Å². The molecule has 0 aliphatic carbocycles. The molecule has 2 aliphatic rings. The zero-order chi connectivity index (χ0) is 17.1. The number of likely N-dealkylation sites (tertiary alicyclic amines) is 2. The molecule has 2 fully saturated rings. The maximum atomic E-state index is 13.0. The first-order valence-corrected chi connectivity index (χ1v) is 8.80. The van der Waals surface area contributed by atoms with Crippen molar-refractivity contribution in [1.82, 2.24) is 9.80 Å². The van der Waals surface area contributed by atoms with Crippen molar-refractivity contribution in [3.05, 3.63) is 29.8 Å². The fourth-order valence-corrected chi connectivity index (χ4v) is 3.88. The number of piperidine rings is 1. The first kappa shape index (κ1) is 16.8. The summed E-state index contributed by atoms with van der Waals surface area (Å²) in [6.07, 6.45) is 3.63. The zero-order valence-electron chi connectivity index (χ0n) is 14.5. The number of nitrogens with zero attached hydrogens (tertiary/aromatic N) is 2. The summed E-state index contributed by atoms with van der Waals surface area (Å²) >= 11 is 0. The lowest BCUT2D eigenvalue weighted by Crippen LogP contribution is -2.43. The minimum Gasteiger partial charge on any atom is -0.497 e. The van der Waals surface area contributed by atoms with Crippen molar-refractivity contribution in [2.45, 2.75) is 38.6 Å². The van der Waals surface area contributed by atoms with E-state index >= 15 is 0 Å². The minimum absolute atomic E-state index is 0.0550. The van der Waals surface area contributed by atoms with Gasteiger partial charge < -0.3 is 14.5 Å². The van der Waals surface area contributed by atoms with Crippen molar-refractivity contribution < 1.29 is 14.3 Å². The molecule has 2 saturated heterocycles. The molecular weight excluding hydrogens is 304 g/mol. The number of ether oxygens (including phenoxy) is 1. The second-order valence-electron chi connectivity index (χ2n) is 6.74. The van der Waals surface area contributed by atoms with Gasteiger partial charge in [-0.2, -0.15) is 0 Å². The highest BCUT2D eigenvalue weighted by molar-refractivity contribution is 5.80. The Morgan fingerprint density at radius 2 is 1.71 bits per heavy atom. The molecule has 0 radical (unpaired) electrons. The normalized spacial score (nSPS) is 21.8. The van der Waals surface area contributed by atoms with Crippen molar-refractivity contribution in [1.29, 1.82) is 0 Å². The molecule has 0 N–H and O–H groups in total. The van der Waals surface area contributed by atoms with Gasteiger partial charge in [0.2, 0.25) is 11.8 Å². The molecule has 0 aromatic heterocycles.